The number of Topliss-reactive ketones (excluding diaryl/α,β-unsaturated/α-hetero) is 1. The summed E-state index contributed by atoms with van der Waals surface area (Å²) in [6, 6.07) is 17.3. The van der Waals surface area contributed by atoms with E-state index in [2.05, 4.69) is 92.7 Å². The van der Waals surface area contributed by atoms with Gasteiger partial charge < -0.3 is 19.9 Å². The maximum atomic E-state index is 11.6. The molecule has 2 aromatic carbocycles. The monoisotopic (exact) mass is 563 g/mol. The number of hydrogen-bond acceptors (Lipinski definition) is 5. The molecular formula is C34H42ClNO4. The lowest BCUT2D eigenvalue weighted by molar-refractivity contribution is -0.146. The van der Waals surface area contributed by atoms with E-state index >= 15 is 0 Å². The third kappa shape index (κ3) is 8.97. The second kappa shape index (κ2) is 16.9. The van der Waals surface area contributed by atoms with Crippen LogP contribution in [0.3, 0.4) is 0 Å². The molecule has 2 aromatic rings. The molecule has 214 valence electrons. The summed E-state index contributed by atoms with van der Waals surface area (Å²) in [6.45, 7) is 3.15. The number of halogens is 1. The summed E-state index contributed by atoms with van der Waals surface area (Å²) < 4.78 is 0. The summed E-state index contributed by atoms with van der Waals surface area (Å²) in [5.74, 6) is -1.77. The summed E-state index contributed by atoms with van der Waals surface area (Å²) in [6.07, 6.45) is 15.6. The number of carbonyl (C=O) groups is 2. The van der Waals surface area contributed by atoms with Gasteiger partial charge in [0.2, 0.25) is 0 Å². The van der Waals surface area contributed by atoms with Gasteiger partial charge in [-0.2, -0.15) is 0 Å². The van der Waals surface area contributed by atoms with Gasteiger partial charge in [-0.05, 0) is 67.1 Å². The van der Waals surface area contributed by atoms with E-state index < -0.39 is 23.9 Å². The fraction of sp³-hybridized carbons (Fsp3) is 0.353. The van der Waals surface area contributed by atoms with Crippen molar-refractivity contribution in [2.45, 2.75) is 44.8 Å². The van der Waals surface area contributed by atoms with Crippen LogP contribution in [-0.4, -0.2) is 60.0 Å². The lowest BCUT2D eigenvalue weighted by Gasteiger charge is -2.31. The molecule has 4 atom stereocenters. The predicted molar refractivity (Wildman–Crippen MR) is 167 cm³/mol. The number of carbonyl (C=O) groups excluding carboxylic acids is 2. The average molecular weight is 564 g/mol. The van der Waals surface area contributed by atoms with Gasteiger partial charge in [0.15, 0.2) is 5.78 Å². The zero-order valence-electron chi connectivity index (χ0n) is 23.6. The highest BCUT2D eigenvalue weighted by Crippen LogP contribution is 2.34. The van der Waals surface area contributed by atoms with E-state index in [1.54, 1.807) is 12.2 Å². The molecule has 1 saturated carbocycles. The van der Waals surface area contributed by atoms with Crippen LogP contribution in [0.4, 0.5) is 0 Å². The number of allylic oxidation sites excluding steroid dienone is 4. The van der Waals surface area contributed by atoms with Crippen LogP contribution < -0.4 is 0 Å². The topological polar surface area (TPSA) is 77.8 Å². The van der Waals surface area contributed by atoms with Crippen molar-refractivity contribution in [2.24, 2.45) is 11.8 Å². The molecule has 2 aliphatic carbocycles. The van der Waals surface area contributed by atoms with Crippen molar-refractivity contribution in [3.8, 4) is 0 Å². The molecule has 0 heterocycles. The summed E-state index contributed by atoms with van der Waals surface area (Å²) in [5, 5.41) is 18.9. The Bertz CT molecular complexity index is 1180. The van der Waals surface area contributed by atoms with Gasteiger partial charge in [-0.1, -0.05) is 104 Å². The Morgan fingerprint density at radius 1 is 0.925 bits per heavy atom. The first-order chi connectivity index (χ1) is 18.9. The van der Waals surface area contributed by atoms with Gasteiger partial charge in [-0.15, -0.1) is 12.4 Å². The number of ketones is 1. The third-order valence-corrected chi connectivity index (χ3v) is 7.04. The Kier molecular flexibility index (Phi) is 14.0. The Morgan fingerprint density at radius 2 is 1.52 bits per heavy atom. The highest BCUT2D eigenvalue weighted by Gasteiger charge is 2.41. The molecule has 0 bridgehead atoms. The maximum Gasteiger partial charge on any atom is 0.174 e. The molecule has 4 unspecified atom stereocenters. The molecule has 40 heavy (non-hydrogen) atoms. The van der Waals surface area contributed by atoms with Crippen LogP contribution in [0, 0.1) is 11.8 Å². The van der Waals surface area contributed by atoms with Gasteiger partial charge in [0.25, 0.3) is 0 Å². The lowest BCUT2D eigenvalue weighted by atomic mass is 9.76. The normalized spacial score (nSPS) is 21.8. The lowest BCUT2D eigenvalue weighted by Crippen LogP contribution is -2.47. The van der Waals surface area contributed by atoms with Crippen molar-refractivity contribution < 1.29 is 19.8 Å². The molecule has 2 N–H and O–H groups in total. The molecule has 5 nitrogen and oxygen atoms in total. The van der Waals surface area contributed by atoms with E-state index in [1.807, 2.05) is 12.2 Å². The fourth-order valence-corrected chi connectivity index (χ4v) is 4.85. The fourth-order valence-electron chi connectivity index (χ4n) is 4.85. The van der Waals surface area contributed by atoms with Gasteiger partial charge >= 0.3 is 0 Å². The third-order valence-electron chi connectivity index (χ3n) is 7.04. The average Bonchev–Trinajstić information content (AvgIpc) is 3.09. The van der Waals surface area contributed by atoms with Crippen LogP contribution in [-0.2, 0) is 9.59 Å². The molecule has 4 rings (SSSR count). The number of hydrogen-bond donors (Lipinski definition) is 2. The van der Waals surface area contributed by atoms with E-state index in [-0.39, 0.29) is 24.7 Å². The molecular weight excluding hydrogens is 522 g/mol. The number of benzene rings is 2. The summed E-state index contributed by atoms with van der Waals surface area (Å²) >= 11 is 0. The second-order valence-corrected chi connectivity index (χ2v) is 10.3. The van der Waals surface area contributed by atoms with E-state index in [0.29, 0.717) is 6.29 Å². The molecule has 2 aliphatic rings. The van der Waals surface area contributed by atoms with E-state index in [4.69, 9.17) is 0 Å². The smallest absolute Gasteiger partial charge is 0.174 e. The highest BCUT2D eigenvalue weighted by molar-refractivity contribution is 5.97. The standard InChI is InChI=1S/C20H21N.C14H20O4.ClH/c1-21(2)15-7-12-20-18-10-5-3-8-16(18)13-14-17-9-4-6-11-19(17)20;1-2-3-4-5-6-7-10-8-12(16)14(18)13(17)11(10)9-15;/h3-6,8-14H,7,15H2,1-2H3;4-7,9-12,14,16,18H,2-3,8H2,1H3;1H. The van der Waals surface area contributed by atoms with Crippen molar-refractivity contribution in [3.05, 3.63) is 101 Å². The molecule has 0 aromatic heterocycles. The van der Waals surface area contributed by atoms with Gasteiger partial charge in [-0.3, -0.25) is 4.79 Å². The van der Waals surface area contributed by atoms with Gasteiger partial charge in [0.05, 0.1) is 12.0 Å². The van der Waals surface area contributed by atoms with Crippen LogP contribution in [0.25, 0.3) is 17.7 Å². The second-order valence-electron chi connectivity index (χ2n) is 10.3. The van der Waals surface area contributed by atoms with Crippen molar-refractivity contribution in [1.82, 2.24) is 4.90 Å². The predicted octanol–water partition coefficient (Wildman–Crippen LogP) is 6.00. The van der Waals surface area contributed by atoms with Crippen molar-refractivity contribution in [1.29, 1.82) is 0 Å². The number of aliphatic hydroxyl groups is 2. The van der Waals surface area contributed by atoms with Crippen molar-refractivity contribution >= 4 is 42.2 Å². The number of aldehydes is 1. The van der Waals surface area contributed by atoms with Crippen LogP contribution in [0.15, 0.2) is 78.9 Å². The van der Waals surface area contributed by atoms with Gasteiger partial charge in [-0.25, -0.2) is 0 Å². The van der Waals surface area contributed by atoms with Gasteiger partial charge in [0.1, 0.15) is 12.4 Å². The molecule has 0 saturated heterocycles. The molecule has 0 spiro atoms. The quantitative estimate of drug-likeness (QED) is 0.200. The minimum absolute atomic E-state index is 0. The summed E-state index contributed by atoms with van der Waals surface area (Å²) in [4.78, 5) is 24.7. The first-order valence-corrected chi connectivity index (χ1v) is 13.8. The zero-order chi connectivity index (χ0) is 28.2. The highest BCUT2D eigenvalue weighted by atomic mass is 35.5. The number of nitrogens with zero attached hydrogens (tertiary/aromatic N) is 1. The number of fused-ring (bicyclic) bond motifs is 2. The Labute approximate surface area is 245 Å². The Hall–Kier alpha value is -3.09. The van der Waals surface area contributed by atoms with Crippen molar-refractivity contribution in [2.75, 3.05) is 20.6 Å². The first-order valence-electron chi connectivity index (χ1n) is 13.8. The molecule has 0 amide bonds. The van der Waals surface area contributed by atoms with Crippen LogP contribution in [0.1, 0.15) is 54.9 Å². The Morgan fingerprint density at radius 3 is 2.08 bits per heavy atom. The van der Waals surface area contributed by atoms with Gasteiger partial charge in [0, 0.05) is 6.54 Å². The summed E-state index contributed by atoms with van der Waals surface area (Å²) in [5.41, 5.74) is 6.61. The maximum absolute atomic E-state index is 11.6. The molecule has 0 aliphatic heterocycles. The number of rotatable bonds is 8. The SMILES string of the molecule is CCCC=CC=CC1CC(O)C(O)C(=O)C1C=O.CN(C)CCC=C1c2ccccc2C=Cc2ccccc21.Cl. The minimum atomic E-state index is -1.43. The largest absolute Gasteiger partial charge is 0.390 e. The van der Waals surface area contributed by atoms with Crippen LogP contribution >= 0.6 is 12.4 Å². The number of aliphatic hydroxyl groups excluding tert-OH is 2. The minimum Gasteiger partial charge on any atom is -0.390 e. The first kappa shape index (κ1) is 33.1. The van der Waals surface area contributed by atoms with E-state index in [0.717, 1.165) is 25.8 Å². The molecule has 1 fully saturated rings. The van der Waals surface area contributed by atoms with Crippen LogP contribution in [0.2, 0.25) is 0 Å². The van der Waals surface area contributed by atoms with Crippen LogP contribution in [0.5, 0.6) is 0 Å². The van der Waals surface area contributed by atoms with E-state index in [1.165, 1.54) is 27.8 Å². The van der Waals surface area contributed by atoms with Crippen molar-refractivity contribution in [3.63, 3.8) is 0 Å². The Balaban J connectivity index is 0.000000277. The zero-order valence-corrected chi connectivity index (χ0v) is 24.5. The number of unbranched alkanes of at least 4 members (excludes halogenated alkanes) is 1. The summed E-state index contributed by atoms with van der Waals surface area (Å²) in [7, 11) is 4.24. The van der Waals surface area contributed by atoms with E-state index in [9.17, 15) is 19.8 Å². The molecule has 0 radical (unpaired) electrons. The molecule has 6 heteroatoms.